The lowest BCUT2D eigenvalue weighted by molar-refractivity contribution is 0.747. The Balaban J connectivity index is 2.07. The van der Waals surface area contributed by atoms with Crippen LogP contribution in [0.2, 0.25) is 5.02 Å². The molecule has 1 heterocycles. The Bertz CT molecular complexity index is 492. The van der Waals surface area contributed by atoms with Crippen molar-refractivity contribution in [1.82, 2.24) is 9.78 Å². The van der Waals surface area contributed by atoms with Crippen LogP contribution in [-0.2, 0) is 13.6 Å². The van der Waals surface area contributed by atoms with Gasteiger partial charge < -0.3 is 11.1 Å². The van der Waals surface area contributed by atoms with Crippen LogP contribution in [0.3, 0.4) is 0 Å². The van der Waals surface area contributed by atoms with Gasteiger partial charge in [-0.3, -0.25) is 4.68 Å². The van der Waals surface area contributed by atoms with Crippen molar-refractivity contribution < 1.29 is 0 Å². The van der Waals surface area contributed by atoms with Gasteiger partial charge in [-0.2, -0.15) is 5.10 Å². The second-order valence-electron chi connectivity index (χ2n) is 3.57. The SMILES string of the molecule is Cn1ccc(CNc2cc(Cl)ccc2N)n1. The Labute approximate surface area is 99.0 Å². The second kappa shape index (κ2) is 4.45. The first kappa shape index (κ1) is 10.8. The number of halogens is 1. The molecular weight excluding hydrogens is 224 g/mol. The Morgan fingerprint density at radius 1 is 1.44 bits per heavy atom. The van der Waals surface area contributed by atoms with Crippen LogP contribution in [0.1, 0.15) is 5.69 Å². The first-order valence-corrected chi connectivity index (χ1v) is 5.30. The van der Waals surface area contributed by atoms with Crippen molar-refractivity contribution in [2.75, 3.05) is 11.1 Å². The molecule has 0 aliphatic heterocycles. The van der Waals surface area contributed by atoms with E-state index in [4.69, 9.17) is 17.3 Å². The quantitative estimate of drug-likeness (QED) is 0.804. The summed E-state index contributed by atoms with van der Waals surface area (Å²) in [5.41, 5.74) is 8.28. The predicted octanol–water partition coefficient (Wildman–Crippen LogP) is 2.27. The van der Waals surface area contributed by atoms with E-state index in [9.17, 15) is 0 Å². The molecule has 0 saturated carbocycles. The molecule has 0 unspecified atom stereocenters. The van der Waals surface area contributed by atoms with Crippen LogP contribution in [0.5, 0.6) is 0 Å². The zero-order valence-electron chi connectivity index (χ0n) is 8.94. The Morgan fingerprint density at radius 2 is 2.25 bits per heavy atom. The number of hydrogen-bond donors (Lipinski definition) is 2. The third-order valence-corrected chi connectivity index (χ3v) is 2.48. The number of hydrogen-bond acceptors (Lipinski definition) is 3. The smallest absolute Gasteiger partial charge is 0.0815 e. The Morgan fingerprint density at radius 3 is 2.94 bits per heavy atom. The standard InChI is InChI=1S/C11H13ClN4/c1-16-5-4-9(15-16)7-14-11-6-8(12)2-3-10(11)13/h2-6,14H,7,13H2,1H3. The van der Waals surface area contributed by atoms with Gasteiger partial charge in [0.2, 0.25) is 0 Å². The molecule has 0 radical (unpaired) electrons. The number of nitrogen functional groups attached to an aromatic ring is 1. The van der Waals surface area contributed by atoms with E-state index in [0.29, 0.717) is 17.3 Å². The number of aryl methyl sites for hydroxylation is 1. The maximum Gasteiger partial charge on any atom is 0.0815 e. The van der Waals surface area contributed by atoms with Gasteiger partial charge in [0.15, 0.2) is 0 Å². The summed E-state index contributed by atoms with van der Waals surface area (Å²) >= 11 is 5.89. The zero-order valence-corrected chi connectivity index (χ0v) is 9.70. The lowest BCUT2D eigenvalue weighted by Crippen LogP contribution is -2.03. The van der Waals surface area contributed by atoms with Crippen LogP contribution in [0.15, 0.2) is 30.5 Å². The third-order valence-electron chi connectivity index (χ3n) is 2.24. The topological polar surface area (TPSA) is 55.9 Å². The minimum Gasteiger partial charge on any atom is -0.397 e. The lowest BCUT2D eigenvalue weighted by Gasteiger charge is -2.08. The molecule has 0 saturated heterocycles. The normalized spacial score (nSPS) is 10.4. The molecule has 0 amide bonds. The highest BCUT2D eigenvalue weighted by Crippen LogP contribution is 2.23. The number of nitrogens with zero attached hydrogens (tertiary/aromatic N) is 2. The Hall–Kier alpha value is -1.68. The summed E-state index contributed by atoms with van der Waals surface area (Å²) in [6.07, 6.45) is 1.90. The van der Waals surface area contributed by atoms with E-state index in [1.807, 2.05) is 19.3 Å². The zero-order chi connectivity index (χ0) is 11.5. The number of aromatic nitrogens is 2. The average Bonchev–Trinajstić information content (AvgIpc) is 2.66. The molecule has 0 atom stereocenters. The molecule has 16 heavy (non-hydrogen) atoms. The first-order valence-electron chi connectivity index (χ1n) is 4.92. The number of anilines is 2. The largest absolute Gasteiger partial charge is 0.397 e. The molecule has 0 spiro atoms. The fourth-order valence-corrected chi connectivity index (χ4v) is 1.60. The fourth-order valence-electron chi connectivity index (χ4n) is 1.42. The van der Waals surface area contributed by atoms with Gasteiger partial charge in [-0.1, -0.05) is 11.6 Å². The van der Waals surface area contributed by atoms with Gasteiger partial charge in [0.05, 0.1) is 23.6 Å². The van der Waals surface area contributed by atoms with Crippen molar-refractivity contribution in [2.24, 2.45) is 7.05 Å². The molecule has 3 N–H and O–H groups in total. The highest BCUT2D eigenvalue weighted by atomic mass is 35.5. The molecule has 2 rings (SSSR count). The van der Waals surface area contributed by atoms with E-state index in [1.165, 1.54) is 0 Å². The van der Waals surface area contributed by atoms with Crippen LogP contribution >= 0.6 is 11.6 Å². The monoisotopic (exact) mass is 236 g/mol. The van der Waals surface area contributed by atoms with Crippen LogP contribution in [0, 0.1) is 0 Å². The van der Waals surface area contributed by atoms with E-state index in [0.717, 1.165) is 11.4 Å². The van der Waals surface area contributed by atoms with Crippen molar-refractivity contribution in [3.8, 4) is 0 Å². The van der Waals surface area contributed by atoms with Gasteiger partial charge in [0.1, 0.15) is 0 Å². The summed E-state index contributed by atoms with van der Waals surface area (Å²) in [5.74, 6) is 0. The molecule has 0 bridgehead atoms. The summed E-state index contributed by atoms with van der Waals surface area (Å²) < 4.78 is 1.76. The third kappa shape index (κ3) is 2.46. The van der Waals surface area contributed by atoms with Crippen molar-refractivity contribution >= 4 is 23.0 Å². The molecule has 84 valence electrons. The van der Waals surface area contributed by atoms with Crippen molar-refractivity contribution in [3.63, 3.8) is 0 Å². The van der Waals surface area contributed by atoms with Gasteiger partial charge >= 0.3 is 0 Å². The maximum atomic E-state index is 5.89. The lowest BCUT2D eigenvalue weighted by atomic mass is 10.2. The molecule has 0 aliphatic carbocycles. The van der Waals surface area contributed by atoms with Gasteiger partial charge in [0.25, 0.3) is 0 Å². The number of rotatable bonds is 3. The molecule has 0 aliphatic rings. The number of nitrogens with two attached hydrogens (primary N) is 1. The van der Waals surface area contributed by atoms with E-state index < -0.39 is 0 Å². The molecule has 4 nitrogen and oxygen atoms in total. The number of nitrogens with one attached hydrogen (secondary N) is 1. The van der Waals surface area contributed by atoms with E-state index >= 15 is 0 Å². The summed E-state index contributed by atoms with van der Waals surface area (Å²) in [4.78, 5) is 0. The van der Waals surface area contributed by atoms with Crippen LogP contribution in [0.4, 0.5) is 11.4 Å². The van der Waals surface area contributed by atoms with Crippen molar-refractivity contribution in [2.45, 2.75) is 6.54 Å². The highest BCUT2D eigenvalue weighted by molar-refractivity contribution is 6.31. The number of benzene rings is 1. The van der Waals surface area contributed by atoms with E-state index in [-0.39, 0.29) is 0 Å². The van der Waals surface area contributed by atoms with Crippen LogP contribution in [-0.4, -0.2) is 9.78 Å². The highest BCUT2D eigenvalue weighted by Gasteiger charge is 2.01. The molecular formula is C11H13ClN4. The molecule has 2 aromatic rings. The van der Waals surface area contributed by atoms with Crippen LogP contribution < -0.4 is 11.1 Å². The van der Waals surface area contributed by atoms with Crippen LogP contribution in [0.25, 0.3) is 0 Å². The summed E-state index contributed by atoms with van der Waals surface area (Å²) in [6, 6.07) is 7.31. The van der Waals surface area contributed by atoms with Gasteiger partial charge in [-0.15, -0.1) is 0 Å². The average molecular weight is 237 g/mol. The van der Waals surface area contributed by atoms with Crippen molar-refractivity contribution in [3.05, 3.63) is 41.2 Å². The molecule has 5 heteroatoms. The minimum absolute atomic E-state index is 0.630. The Kier molecular flexibility index (Phi) is 3.01. The summed E-state index contributed by atoms with van der Waals surface area (Å²) in [6.45, 7) is 0.630. The van der Waals surface area contributed by atoms with Crippen molar-refractivity contribution in [1.29, 1.82) is 0 Å². The summed E-state index contributed by atoms with van der Waals surface area (Å²) in [5, 5.41) is 8.12. The maximum absolute atomic E-state index is 5.89. The van der Waals surface area contributed by atoms with E-state index in [2.05, 4.69) is 10.4 Å². The predicted molar refractivity (Wildman–Crippen MR) is 66.4 cm³/mol. The minimum atomic E-state index is 0.630. The molecule has 1 aromatic carbocycles. The van der Waals surface area contributed by atoms with E-state index in [1.54, 1.807) is 22.9 Å². The van der Waals surface area contributed by atoms with Gasteiger partial charge in [-0.05, 0) is 24.3 Å². The van der Waals surface area contributed by atoms with Gasteiger partial charge in [-0.25, -0.2) is 0 Å². The van der Waals surface area contributed by atoms with Gasteiger partial charge in [0, 0.05) is 18.3 Å². The molecule has 0 fully saturated rings. The summed E-state index contributed by atoms with van der Waals surface area (Å²) in [7, 11) is 1.89. The first-order chi connectivity index (χ1) is 7.65. The second-order valence-corrected chi connectivity index (χ2v) is 4.00. The molecule has 1 aromatic heterocycles. The fraction of sp³-hybridized carbons (Fsp3) is 0.182.